The van der Waals surface area contributed by atoms with Crippen molar-refractivity contribution in [3.8, 4) is 0 Å². The van der Waals surface area contributed by atoms with Gasteiger partial charge in [-0.1, -0.05) is 170 Å². The van der Waals surface area contributed by atoms with Gasteiger partial charge in [0.2, 0.25) is 0 Å². The predicted octanol–water partition coefficient (Wildman–Crippen LogP) is 7.65. The van der Waals surface area contributed by atoms with E-state index >= 15 is 0 Å². The molecule has 0 N–H and O–H groups in total. The lowest BCUT2D eigenvalue weighted by Gasteiger charge is -2.39. The van der Waals surface area contributed by atoms with E-state index in [1.165, 1.54) is 44.9 Å². The van der Waals surface area contributed by atoms with Gasteiger partial charge in [0.25, 0.3) is 0 Å². The first kappa shape index (κ1) is 29.9. The Labute approximate surface area is 277 Å². The van der Waals surface area contributed by atoms with Crippen LogP contribution in [0.4, 0.5) is 0 Å². The lowest BCUT2D eigenvalue weighted by atomic mass is 10.0. The first-order valence-electron chi connectivity index (χ1n) is 16.3. The molecule has 226 valence electrons. The second kappa shape index (κ2) is 13.7. The maximum atomic E-state index is 3.01. The van der Waals surface area contributed by atoms with Crippen LogP contribution in [0.5, 0.6) is 0 Å². The van der Waals surface area contributed by atoms with Gasteiger partial charge < -0.3 is 0 Å². The summed E-state index contributed by atoms with van der Waals surface area (Å²) in [6.07, 6.45) is 3.43. The van der Waals surface area contributed by atoms with Crippen LogP contribution in [0.2, 0.25) is 0 Å². The van der Waals surface area contributed by atoms with E-state index in [2.05, 4.69) is 175 Å². The van der Waals surface area contributed by atoms with Crippen molar-refractivity contribution in [1.82, 2.24) is 4.67 Å². The average molecular weight is 650 g/mol. The van der Waals surface area contributed by atoms with Gasteiger partial charge in [-0.25, -0.2) is 0 Å². The van der Waals surface area contributed by atoms with Crippen molar-refractivity contribution in [2.45, 2.75) is 24.5 Å². The van der Waals surface area contributed by atoms with E-state index < -0.39 is 23.9 Å². The molecule has 2 heterocycles. The van der Waals surface area contributed by atoms with Crippen molar-refractivity contribution >= 4 is 55.7 Å². The zero-order valence-corrected chi connectivity index (χ0v) is 28.6. The molecule has 0 aromatic heterocycles. The fourth-order valence-electron chi connectivity index (χ4n) is 7.36. The van der Waals surface area contributed by atoms with Crippen LogP contribution in [0, 0.1) is 0 Å². The van der Waals surface area contributed by atoms with E-state index in [-0.39, 0.29) is 0 Å². The molecule has 1 fully saturated rings. The summed E-state index contributed by atoms with van der Waals surface area (Å²) in [5.74, 6) is 0. The van der Waals surface area contributed by atoms with Gasteiger partial charge in [0.1, 0.15) is 0 Å². The zero-order chi connectivity index (χ0) is 30.7. The summed E-state index contributed by atoms with van der Waals surface area (Å²) in [6.45, 7) is 1.13. The van der Waals surface area contributed by atoms with E-state index in [1.54, 1.807) is 10.6 Å². The Bertz CT molecular complexity index is 1760. The highest BCUT2D eigenvalue weighted by Gasteiger charge is 2.44. The van der Waals surface area contributed by atoms with E-state index in [1.807, 2.05) is 0 Å². The van der Waals surface area contributed by atoms with Crippen LogP contribution in [-0.2, 0) is 6.42 Å². The third kappa shape index (κ3) is 6.04. The van der Waals surface area contributed by atoms with Crippen LogP contribution in [0.1, 0.15) is 17.5 Å². The Morgan fingerprint density at radius 2 is 0.913 bits per heavy atom. The number of benzene rings is 6. The van der Waals surface area contributed by atoms with Crippen LogP contribution < -0.4 is 31.8 Å². The lowest BCUT2D eigenvalue weighted by molar-refractivity contribution is 0.462. The van der Waals surface area contributed by atoms with Gasteiger partial charge in [0.05, 0.1) is 0 Å². The number of hydrogen-bond donors (Lipinski definition) is 0. The summed E-state index contributed by atoms with van der Waals surface area (Å²) in [6, 6.07) is 64.6. The summed E-state index contributed by atoms with van der Waals surface area (Å²) in [5.41, 5.74) is 3.60. The van der Waals surface area contributed by atoms with Crippen molar-refractivity contribution in [2.75, 3.05) is 12.7 Å². The molecule has 8 rings (SSSR count). The van der Waals surface area contributed by atoms with Crippen molar-refractivity contribution in [3.05, 3.63) is 181 Å². The third-order valence-corrected chi connectivity index (χ3v) is 17.6. The lowest BCUT2D eigenvalue weighted by Crippen LogP contribution is -2.39. The Hall–Kier alpha value is -3.43. The van der Waals surface area contributed by atoms with Crippen molar-refractivity contribution in [2.24, 2.45) is 0 Å². The summed E-state index contributed by atoms with van der Waals surface area (Å²) < 4.78 is 3.01. The van der Waals surface area contributed by atoms with E-state index in [4.69, 9.17) is 0 Å². The molecular weight excluding hydrogens is 611 g/mol. The molecule has 0 spiro atoms. The third-order valence-electron chi connectivity index (χ3n) is 9.40. The molecule has 6 aromatic rings. The van der Waals surface area contributed by atoms with Crippen LogP contribution in [0.25, 0.3) is 0 Å². The molecule has 1 saturated heterocycles. The van der Waals surface area contributed by atoms with Gasteiger partial charge in [0, 0.05) is 26.3 Å². The molecule has 46 heavy (non-hydrogen) atoms. The Morgan fingerprint density at radius 3 is 1.39 bits per heavy atom. The monoisotopic (exact) mass is 649 g/mol. The Morgan fingerprint density at radius 1 is 0.500 bits per heavy atom. The van der Waals surface area contributed by atoms with Crippen LogP contribution in [-0.4, -0.2) is 29.1 Å². The molecule has 2 atom stereocenters. The predicted molar refractivity (Wildman–Crippen MR) is 204 cm³/mol. The van der Waals surface area contributed by atoms with E-state index in [9.17, 15) is 0 Å². The average Bonchev–Trinajstić information content (AvgIpc) is 3.53. The number of hydrogen-bond acceptors (Lipinski definition) is 1. The molecule has 2 aliphatic rings. The molecule has 0 aliphatic carbocycles. The zero-order valence-electron chi connectivity index (χ0n) is 25.9. The molecule has 2 aliphatic heterocycles. The van der Waals surface area contributed by atoms with E-state index in [0.29, 0.717) is 11.7 Å². The quantitative estimate of drug-likeness (QED) is 0.153. The summed E-state index contributed by atoms with van der Waals surface area (Å²) in [4.78, 5) is 0. The number of fused-ring (bicyclic) bond motifs is 2. The van der Waals surface area contributed by atoms with Gasteiger partial charge in [-0.05, 0) is 77.8 Å². The largest absolute Gasteiger partial charge is 0.271 e. The van der Waals surface area contributed by atoms with Crippen molar-refractivity contribution < 1.29 is 0 Å². The number of rotatable bonds is 8. The second-order valence-corrected chi connectivity index (χ2v) is 19.1. The fourth-order valence-corrected chi connectivity index (χ4v) is 16.1. The van der Waals surface area contributed by atoms with Gasteiger partial charge in [0.15, 0.2) is 0 Å². The standard InChI is InChI=1S/C42H38NP3/c1-5-19-36(20-6-1)44(37-21-7-2-8-22-37)32-35-30-40(45(38-23-9-3-10-24-38)39-25-11-4-12-26-39)31-43(35)46-41-27-15-13-17-33(41)29-34-18-14-16-28-42(34)46/h1-28,35,40H,29-32H2/t35-,40-/m0/s1. The van der Waals surface area contributed by atoms with Crippen LogP contribution >= 0.6 is 23.9 Å². The molecule has 0 unspecified atom stereocenters. The highest BCUT2D eigenvalue weighted by atomic mass is 31.1. The Balaban J connectivity index is 1.26. The normalized spacial score (nSPS) is 18.0. The maximum Gasteiger partial charge on any atom is 0.0290 e. The van der Waals surface area contributed by atoms with Gasteiger partial charge >= 0.3 is 0 Å². The summed E-state index contributed by atoms with van der Waals surface area (Å²) >= 11 is 0. The topological polar surface area (TPSA) is 3.24 Å². The minimum Gasteiger partial charge on any atom is -0.271 e. The Kier molecular flexibility index (Phi) is 8.94. The van der Waals surface area contributed by atoms with Crippen LogP contribution in [0.15, 0.2) is 170 Å². The van der Waals surface area contributed by atoms with Gasteiger partial charge in [-0.3, -0.25) is 4.67 Å². The minimum atomic E-state index is -0.647. The molecule has 0 saturated carbocycles. The summed E-state index contributed by atoms with van der Waals surface area (Å²) in [7, 11) is -1.68. The maximum absolute atomic E-state index is 3.01. The molecule has 1 nitrogen and oxygen atoms in total. The molecule has 0 radical (unpaired) electrons. The van der Waals surface area contributed by atoms with Crippen LogP contribution in [0.3, 0.4) is 0 Å². The van der Waals surface area contributed by atoms with Gasteiger partial charge in [-0.2, -0.15) is 0 Å². The number of nitrogens with zero attached hydrogens (tertiary/aromatic N) is 1. The first-order valence-corrected chi connectivity index (χ1v) is 20.6. The highest BCUT2D eigenvalue weighted by Crippen LogP contribution is 2.55. The minimum absolute atomic E-state index is 0.485. The van der Waals surface area contributed by atoms with Crippen molar-refractivity contribution in [1.29, 1.82) is 0 Å². The summed E-state index contributed by atoms with van der Waals surface area (Å²) in [5, 5.41) is 9.10. The first-order chi connectivity index (χ1) is 22.8. The van der Waals surface area contributed by atoms with E-state index in [0.717, 1.165) is 13.0 Å². The molecular formula is C42H38NP3. The smallest absolute Gasteiger partial charge is 0.0290 e. The fraction of sp³-hybridized carbons (Fsp3) is 0.143. The molecule has 0 amide bonds. The molecule has 6 aromatic carbocycles. The van der Waals surface area contributed by atoms with Crippen molar-refractivity contribution in [3.63, 3.8) is 0 Å². The molecule has 0 bridgehead atoms. The SMILES string of the molecule is c1ccc(P(C[C@@H]2C[C@H](P(c3ccccc3)c3ccccc3)CN2P2c3ccccc3Cc3ccccc32)c2ccccc2)cc1. The highest BCUT2D eigenvalue weighted by molar-refractivity contribution is 7.74. The second-order valence-electron chi connectivity index (χ2n) is 12.2. The molecule has 4 heteroatoms. The van der Waals surface area contributed by atoms with Gasteiger partial charge in [-0.15, -0.1) is 0 Å².